The molecule has 0 aliphatic carbocycles. The lowest BCUT2D eigenvalue weighted by Gasteiger charge is -2.11. The first-order valence-corrected chi connectivity index (χ1v) is 7.31. The van der Waals surface area contributed by atoms with Gasteiger partial charge in [-0.25, -0.2) is 0 Å². The number of carbonyl (C=O) groups is 1. The predicted octanol–water partition coefficient (Wildman–Crippen LogP) is 3.80. The standard InChI is InChI=1S/C15H12Cl2N2OS/c16-12-7-3-1-5-10(12)9-18-15(21)19-14(20)11-6-2-4-8-13(11)17/h1-8H,9H2,(H2,18,19,20,21). The second-order valence-corrected chi connectivity index (χ2v) is 5.43. The molecular formula is C15H12Cl2N2OS. The zero-order chi connectivity index (χ0) is 15.2. The van der Waals surface area contributed by atoms with Gasteiger partial charge in [0, 0.05) is 11.6 Å². The van der Waals surface area contributed by atoms with Crippen molar-refractivity contribution in [3.05, 3.63) is 69.7 Å². The fourth-order valence-corrected chi connectivity index (χ4v) is 2.27. The summed E-state index contributed by atoms with van der Waals surface area (Å²) in [4.78, 5) is 12.0. The molecule has 0 unspecified atom stereocenters. The van der Waals surface area contributed by atoms with Crippen LogP contribution in [-0.4, -0.2) is 11.0 Å². The maximum Gasteiger partial charge on any atom is 0.258 e. The number of rotatable bonds is 3. The molecule has 0 aromatic heterocycles. The summed E-state index contributed by atoms with van der Waals surface area (Å²) >= 11 is 17.1. The molecule has 0 aliphatic heterocycles. The number of hydrogen-bond acceptors (Lipinski definition) is 2. The van der Waals surface area contributed by atoms with Gasteiger partial charge in [0.05, 0.1) is 10.6 Å². The number of halogens is 2. The van der Waals surface area contributed by atoms with E-state index >= 15 is 0 Å². The van der Waals surface area contributed by atoms with Crippen molar-refractivity contribution >= 4 is 46.4 Å². The normalized spacial score (nSPS) is 10.0. The predicted molar refractivity (Wildman–Crippen MR) is 89.8 cm³/mol. The second kappa shape index (κ2) is 7.41. The highest BCUT2D eigenvalue weighted by Crippen LogP contribution is 2.15. The molecule has 0 heterocycles. The molecule has 0 bridgehead atoms. The van der Waals surface area contributed by atoms with Crippen molar-refractivity contribution in [3.63, 3.8) is 0 Å². The molecule has 108 valence electrons. The summed E-state index contributed by atoms with van der Waals surface area (Å²) < 4.78 is 0. The molecule has 0 aliphatic rings. The van der Waals surface area contributed by atoms with E-state index in [0.29, 0.717) is 22.2 Å². The molecule has 2 aromatic rings. The molecular weight excluding hydrogens is 327 g/mol. The lowest BCUT2D eigenvalue weighted by molar-refractivity contribution is 0.0977. The number of benzene rings is 2. The van der Waals surface area contributed by atoms with E-state index in [1.807, 2.05) is 18.2 Å². The summed E-state index contributed by atoms with van der Waals surface area (Å²) in [6.45, 7) is 0.432. The van der Waals surface area contributed by atoms with Crippen LogP contribution in [0.5, 0.6) is 0 Å². The van der Waals surface area contributed by atoms with Crippen molar-refractivity contribution in [3.8, 4) is 0 Å². The van der Waals surface area contributed by atoms with Crippen LogP contribution < -0.4 is 10.6 Å². The maximum absolute atomic E-state index is 12.0. The zero-order valence-electron chi connectivity index (χ0n) is 10.9. The van der Waals surface area contributed by atoms with Gasteiger partial charge in [0.25, 0.3) is 5.91 Å². The van der Waals surface area contributed by atoms with Crippen LogP contribution in [0.15, 0.2) is 48.5 Å². The van der Waals surface area contributed by atoms with E-state index in [0.717, 1.165) is 5.56 Å². The van der Waals surface area contributed by atoms with Crippen molar-refractivity contribution in [1.82, 2.24) is 10.6 Å². The van der Waals surface area contributed by atoms with Crippen LogP contribution in [-0.2, 0) is 6.54 Å². The smallest absolute Gasteiger partial charge is 0.258 e. The van der Waals surface area contributed by atoms with E-state index in [2.05, 4.69) is 10.6 Å². The Kier molecular flexibility index (Phi) is 5.56. The average Bonchev–Trinajstić information content (AvgIpc) is 2.46. The van der Waals surface area contributed by atoms with Gasteiger partial charge in [0.2, 0.25) is 0 Å². The molecule has 0 saturated carbocycles. The molecule has 1 amide bonds. The van der Waals surface area contributed by atoms with Crippen molar-refractivity contribution < 1.29 is 4.79 Å². The monoisotopic (exact) mass is 338 g/mol. The summed E-state index contributed by atoms with van der Waals surface area (Å²) in [5.74, 6) is -0.350. The Balaban J connectivity index is 1.92. The number of hydrogen-bond donors (Lipinski definition) is 2. The molecule has 2 aromatic carbocycles. The van der Waals surface area contributed by atoms with Crippen LogP contribution >= 0.6 is 35.4 Å². The Morgan fingerprint density at radius 1 is 1.00 bits per heavy atom. The van der Waals surface area contributed by atoms with Gasteiger partial charge >= 0.3 is 0 Å². The Morgan fingerprint density at radius 2 is 1.62 bits per heavy atom. The number of amides is 1. The summed E-state index contributed by atoms with van der Waals surface area (Å²) in [7, 11) is 0. The first kappa shape index (κ1) is 15.8. The summed E-state index contributed by atoms with van der Waals surface area (Å²) in [6.07, 6.45) is 0. The Labute approximate surface area is 138 Å². The molecule has 2 N–H and O–H groups in total. The van der Waals surface area contributed by atoms with Crippen LogP contribution in [0.25, 0.3) is 0 Å². The van der Waals surface area contributed by atoms with E-state index in [1.165, 1.54) is 0 Å². The van der Waals surface area contributed by atoms with Crippen LogP contribution in [0, 0.1) is 0 Å². The SMILES string of the molecule is O=C(NC(=S)NCc1ccccc1Cl)c1ccccc1Cl. The average molecular weight is 339 g/mol. The van der Waals surface area contributed by atoms with Gasteiger partial charge in [-0.05, 0) is 36.0 Å². The number of carbonyl (C=O) groups excluding carboxylic acids is 1. The fourth-order valence-electron chi connectivity index (χ4n) is 1.68. The van der Waals surface area contributed by atoms with Gasteiger partial charge < -0.3 is 5.32 Å². The van der Waals surface area contributed by atoms with Gasteiger partial charge in [0.1, 0.15) is 0 Å². The van der Waals surface area contributed by atoms with Crippen LogP contribution in [0.1, 0.15) is 15.9 Å². The van der Waals surface area contributed by atoms with E-state index in [-0.39, 0.29) is 11.0 Å². The van der Waals surface area contributed by atoms with E-state index < -0.39 is 0 Å². The molecule has 2 rings (SSSR count). The molecule has 0 saturated heterocycles. The molecule has 6 heteroatoms. The molecule has 0 fully saturated rings. The highest BCUT2D eigenvalue weighted by Gasteiger charge is 2.11. The first-order chi connectivity index (χ1) is 10.1. The second-order valence-electron chi connectivity index (χ2n) is 4.21. The first-order valence-electron chi connectivity index (χ1n) is 6.15. The minimum absolute atomic E-state index is 0.222. The van der Waals surface area contributed by atoms with Gasteiger partial charge in [-0.1, -0.05) is 53.5 Å². The Hall–Kier alpha value is -1.62. The van der Waals surface area contributed by atoms with Gasteiger partial charge in [0.15, 0.2) is 5.11 Å². The van der Waals surface area contributed by atoms with E-state index in [4.69, 9.17) is 35.4 Å². The summed E-state index contributed by atoms with van der Waals surface area (Å²) in [6, 6.07) is 14.2. The van der Waals surface area contributed by atoms with Crippen LogP contribution in [0.3, 0.4) is 0 Å². The molecule has 3 nitrogen and oxygen atoms in total. The van der Waals surface area contributed by atoms with Crippen LogP contribution in [0.2, 0.25) is 10.0 Å². The van der Waals surface area contributed by atoms with Gasteiger partial charge in [-0.3, -0.25) is 10.1 Å². The van der Waals surface area contributed by atoms with Crippen molar-refractivity contribution in [1.29, 1.82) is 0 Å². The lowest BCUT2D eigenvalue weighted by atomic mass is 10.2. The van der Waals surface area contributed by atoms with Crippen LogP contribution in [0.4, 0.5) is 0 Å². The van der Waals surface area contributed by atoms with E-state index in [9.17, 15) is 4.79 Å². The topological polar surface area (TPSA) is 41.1 Å². The van der Waals surface area contributed by atoms with E-state index in [1.54, 1.807) is 30.3 Å². The summed E-state index contributed by atoms with van der Waals surface area (Å²) in [5.41, 5.74) is 1.27. The largest absolute Gasteiger partial charge is 0.358 e. The molecule has 0 spiro atoms. The van der Waals surface area contributed by atoms with Gasteiger partial charge in [-0.15, -0.1) is 0 Å². The van der Waals surface area contributed by atoms with Gasteiger partial charge in [-0.2, -0.15) is 0 Å². The zero-order valence-corrected chi connectivity index (χ0v) is 13.2. The minimum Gasteiger partial charge on any atom is -0.358 e. The minimum atomic E-state index is -0.350. The van der Waals surface area contributed by atoms with Crippen molar-refractivity contribution in [2.45, 2.75) is 6.54 Å². The Bertz CT molecular complexity index is 676. The maximum atomic E-state index is 12.0. The molecule has 0 atom stereocenters. The molecule has 0 radical (unpaired) electrons. The lowest BCUT2D eigenvalue weighted by Crippen LogP contribution is -2.39. The third-order valence-electron chi connectivity index (χ3n) is 2.74. The van der Waals surface area contributed by atoms with Crippen molar-refractivity contribution in [2.75, 3.05) is 0 Å². The van der Waals surface area contributed by atoms with Crippen molar-refractivity contribution in [2.24, 2.45) is 0 Å². The number of thiocarbonyl (C=S) groups is 1. The highest BCUT2D eigenvalue weighted by molar-refractivity contribution is 7.80. The summed E-state index contributed by atoms with van der Waals surface area (Å²) in [5, 5.41) is 6.76. The Morgan fingerprint density at radius 3 is 2.29 bits per heavy atom. The quantitative estimate of drug-likeness (QED) is 0.836. The third kappa shape index (κ3) is 4.43. The fraction of sp³-hybridized carbons (Fsp3) is 0.0667. The third-order valence-corrected chi connectivity index (χ3v) is 3.69. The number of nitrogens with one attached hydrogen (secondary N) is 2. The molecule has 21 heavy (non-hydrogen) atoms. The highest BCUT2D eigenvalue weighted by atomic mass is 35.5.